The summed E-state index contributed by atoms with van der Waals surface area (Å²) in [6.07, 6.45) is 8.24. The fourth-order valence-corrected chi connectivity index (χ4v) is 2.39. The van der Waals surface area contributed by atoms with Gasteiger partial charge in [0, 0.05) is 10.9 Å². The number of benzene rings is 1. The summed E-state index contributed by atoms with van der Waals surface area (Å²) in [6, 6.07) is 6.16. The summed E-state index contributed by atoms with van der Waals surface area (Å²) in [5.74, 6) is 0.554. The van der Waals surface area contributed by atoms with Gasteiger partial charge in [0.25, 0.3) is 0 Å². The molecule has 0 aromatic heterocycles. The van der Waals surface area contributed by atoms with Crippen LogP contribution in [0.1, 0.15) is 43.2 Å². The zero-order valence-corrected chi connectivity index (χ0v) is 9.22. The number of rotatable bonds is 3. The van der Waals surface area contributed by atoms with Gasteiger partial charge in [-0.15, -0.1) is 0 Å². The van der Waals surface area contributed by atoms with Gasteiger partial charge in [-0.05, 0) is 23.6 Å². The van der Waals surface area contributed by atoms with Gasteiger partial charge in [0.05, 0.1) is 0 Å². The lowest BCUT2D eigenvalue weighted by molar-refractivity contribution is 0.669. The summed E-state index contributed by atoms with van der Waals surface area (Å²) < 4.78 is 0. The zero-order valence-electron chi connectivity index (χ0n) is 8.46. The minimum absolute atomic E-state index is 0.554. The summed E-state index contributed by atoms with van der Waals surface area (Å²) >= 11 is 6.20. The Morgan fingerprint density at radius 3 is 3.00 bits per heavy atom. The Balaban J connectivity index is 2.24. The second-order valence-corrected chi connectivity index (χ2v) is 4.26. The lowest BCUT2D eigenvalue weighted by Gasteiger charge is -2.11. The molecular formula is C13H15Cl. The molecule has 1 aromatic rings. The van der Waals surface area contributed by atoms with E-state index >= 15 is 0 Å². The van der Waals surface area contributed by atoms with Crippen LogP contribution in [0.3, 0.4) is 0 Å². The van der Waals surface area contributed by atoms with Crippen molar-refractivity contribution in [2.24, 2.45) is 0 Å². The summed E-state index contributed by atoms with van der Waals surface area (Å²) in [4.78, 5) is 0. The van der Waals surface area contributed by atoms with Crippen molar-refractivity contribution in [2.45, 2.75) is 32.1 Å². The number of unbranched alkanes of at least 4 members (excludes halogenated alkanes) is 1. The van der Waals surface area contributed by atoms with Gasteiger partial charge in [-0.25, -0.2) is 0 Å². The van der Waals surface area contributed by atoms with Gasteiger partial charge >= 0.3 is 0 Å². The molecule has 1 unspecified atom stereocenters. The van der Waals surface area contributed by atoms with Crippen LogP contribution in [0.4, 0.5) is 0 Å². The highest BCUT2D eigenvalue weighted by atomic mass is 35.5. The van der Waals surface area contributed by atoms with E-state index in [0.717, 1.165) is 5.02 Å². The van der Waals surface area contributed by atoms with Crippen molar-refractivity contribution in [1.29, 1.82) is 0 Å². The highest BCUT2D eigenvalue weighted by Gasteiger charge is 2.18. The van der Waals surface area contributed by atoms with Gasteiger partial charge in [0.1, 0.15) is 0 Å². The molecule has 74 valence electrons. The fraction of sp³-hybridized carbons (Fsp3) is 0.385. The highest BCUT2D eigenvalue weighted by Crippen LogP contribution is 2.38. The van der Waals surface area contributed by atoms with Crippen molar-refractivity contribution in [2.75, 3.05) is 0 Å². The van der Waals surface area contributed by atoms with Crippen LogP contribution in [-0.2, 0) is 0 Å². The summed E-state index contributed by atoms with van der Waals surface area (Å²) in [5.41, 5.74) is 2.64. The van der Waals surface area contributed by atoms with E-state index in [4.69, 9.17) is 11.6 Å². The quantitative estimate of drug-likeness (QED) is 0.676. The van der Waals surface area contributed by atoms with Crippen molar-refractivity contribution < 1.29 is 0 Å². The van der Waals surface area contributed by atoms with Crippen LogP contribution in [0.25, 0.3) is 6.08 Å². The van der Waals surface area contributed by atoms with Gasteiger partial charge in [-0.3, -0.25) is 0 Å². The summed E-state index contributed by atoms with van der Waals surface area (Å²) in [6.45, 7) is 2.23. The molecule has 0 radical (unpaired) electrons. The van der Waals surface area contributed by atoms with Crippen LogP contribution in [0.5, 0.6) is 0 Å². The minimum Gasteiger partial charge on any atom is -0.0840 e. The predicted molar refractivity (Wildman–Crippen MR) is 62.8 cm³/mol. The third-order valence-corrected chi connectivity index (χ3v) is 3.16. The van der Waals surface area contributed by atoms with E-state index in [1.807, 2.05) is 12.1 Å². The monoisotopic (exact) mass is 206 g/mol. The Morgan fingerprint density at radius 2 is 2.21 bits per heavy atom. The van der Waals surface area contributed by atoms with E-state index in [2.05, 4.69) is 25.1 Å². The van der Waals surface area contributed by atoms with Crippen LogP contribution >= 0.6 is 11.6 Å². The van der Waals surface area contributed by atoms with Crippen LogP contribution < -0.4 is 0 Å². The first kappa shape index (κ1) is 9.79. The van der Waals surface area contributed by atoms with Crippen LogP contribution in [0, 0.1) is 0 Å². The molecule has 1 atom stereocenters. The second-order valence-electron chi connectivity index (χ2n) is 3.85. The minimum atomic E-state index is 0.554. The molecule has 0 nitrogen and oxygen atoms in total. The lowest BCUT2D eigenvalue weighted by atomic mass is 9.95. The van der Waals surface area contributed by atoms with Gasteiger partial charge < -0.3 is 0 Å². The SMILES string of the molecule is CCCCC1C=Cc2cccc(Cl)c21. The smallest absolute Gasteiger partial charge is 0.0449 e. The molecule has 0 bridgehead atoms. The van der Waals surface area contributed by atoms with Crippen LogP contribution in [-0.4, -0.2) is 0 Å². The van der Waals surface area contributed by atoms with E-state index in [0.29, 0.717) is 5.92 Å². The van der Waals surface area contributed by atoms with E-state index in [-0.39, 0.29) is 0 Å². The molecule has 0 spiro atoms. The zero-order chi connectivity index (χ0) is 9.97. The molecule has 1 aromatic carbocycles. The maximum absolute atomic E-state index is 6.20. The van der Waals surface area contributed by atoms with E-state index in [1.165, 1.54) is 30.4 Å². The van der Waals surface area contributed by atoms with Gasteiger partial charge in [-0.2, -0.15) is 0 Å². The molecule has 0 N–H and O–H groups in total. The highest BCUT2D eigenvalue weighted by molar-refractivity contribution is 6.31. The molecule has 0 amide bonds. The molecule has 1 aliphatic rings. The molecule has 0 fully saturated rings. The molecule has 1 aliphatic carbocycles. The van der Waals surface area contributed by atoms with Crippen molar-refractivity contribution in [3.05, 3.63) is 40.4 Å². The Kier molecular flexibility index (Phi) is 2.93. The normalized spacial score (nSPS) is 18.6. The Labute approximate surface area is 90.6 Å². The van der Waals surface area contributed by atoms with Gasteiger partial charge in [0.15, 0.2) is 0 Å². The molecule has 0 saturated heterocycles. The van der Waals surface area contributed by atoms with Gasteiger partial charge in [0.2, 0.25) is 0 Å². The molecule has 2 rings (SSSR count). The maximum Gasteiger partial charge on any atom is 0.0449 e. The Morgan fingerprint density at radius 1 is 1.36 bits per heavy atom. The third-order valence-electron chi connectivity index (χ3n) is 2.83. The first-order valence-electron chi connectivity index (χ1n) is 5.29. The first-order chi connectivity index (χ1) is 6.83. The molecule has 1 heteroatoms. The van der Waals surface area contributed by atoms with Crippen molar-refractivity contribution in [3.8, 4) is 0 Å². The molecule has 0 heterocycles. The molecule has 0 aliphatic heterocycles. The second kappa shape index (κ2) is 4.18. The van der Waals surface area contributed by atoms with Crippen LogP contribution in [0.15, 0.2) is 24.3 Å². The third kappa shape index (κ3) is 1.72. The van der Waals surface area contributed by atoms with Crippen molar-refractivity contribution in [1.82, 2.24) is 0 Å². The van der Waals surface area contributed by atoms with E-state index < -0.39 is 0 Å². The van der Waals surface area contributed by atoms with E-state index in [1.54, 1.807) is 0 Å². The van der Waals surface area contributed by atoms with Gasteiger partial charge in [-0.1, -0.05) is 55.7 Å². The van der Waals surface area contributed by atoms with E-state index in [9.17, 15) is 0 Å². The Bertz CT molecular complexity index is 352. The fourth-order valence-electron chi connectivity index (χ4n) is 2.07. The number of hydrogen-bond acceptors (Lipinski definition) is 0. The lowest BCUT2D eigenvalue weighted by Crippen LogP contribution is -1.94. The number of hydrogen-bond donors (Lipinski definition) is 0. The number of fused-ring (bicyclic) bond motifs is 1. The first-order valence-corrected chi connectivity index (χ1v) is 5.67. The summed E-state index contributed by atoms with van der Waals surface area (Å²) in [5, 5.41) is 0.925. The topological polar surface area (TPSA) is 0 Å². The average Bonchev–Trinajstić information content (AvgIpc) is 2.59. The molecule has 14 heavy (non-hydrogen) atoms. The summed E-state index contributed by atoms with van der Waals surface area (Å²) in [7, 11) is 0. The predicted octanol–water partition coefficient (Wildman–Crippen LogP) is 4.64. The number of allylic oxidation sites excluding steroid dienone is 1. The molecular weight excluding hydrogens is 192 g/mol. The average molecular weight is 207 g/mol. The van der Waals surface area contributed by atoms with Crippen molar-refractivity contribution in [3.63, 3.8) is 0 Å². The Hall–Kier alpha value is -0.750. The standard InChI is InChI=1S/C13H15Cl/c1-2-3-5-10-8-9-11-6-4-7-12(14)13(10)11/h4,6-10H,2-3,5H2,1H3. The maximum atomic E-state index is 6.20. The van der Waals surface area contributed by atoms with Crippen molar-refractivity contribution >= 4 is 17.7 Å². The molecule has 0 saturated carbocycles. The largest absolute Gasteiger partial charge is 0.0840 e. The van der Waals surface area contributed by atoms with Crippen LogP contribution in [0.2, 0.25) is 5.02 Å². The number of halogens is 1.